The van der Waals surface area contributed by atoms with Gasteiger partial charge in [-0.2, -0.15) is 0 Å². The molecular weight excluding hydrogens is 737 g/mol. The van der Waals surface area contributed by atoms with Gasteiger partial charge in [-0.25, -0.2) is 4.57 Å². The highest BCUT2D eigenvalue weighted by Gasteiger charge is 2.27. The largest absolute Gasteiger partial charge is 0.472 e. The molecule has 0 spiro atoms. The molecule has 1 unspecified atom stereocenters. The third-order valence-corrected chi connectivity index (χ3v) is 11.5. The summed E-state index contributed by atoms with van der Waals surface area (Å²) in [5.41, 5.74) is 0. The van der Waals surface area contributed by atoms with Crippen LogP contribution in [0, 0.1) is 0 Å². The summed E-state index contributed by atoms with van der Waals surface area (Å²) in [7, 11) is 1.48. The summed E-state index contributed by atoms with van der Waals surface area (Å²) < 4.78 is 34.3. The number of hydrogen-bond acceptors (Lipinski definition) is 7. The zero-order valence-electron chi connectivity index (χ0n) is 38.1. The predicted octanol–water partition coefficient (Wildman–Crippen LogP) is 13.8. The maximum atomic E-state index is 12.7. The Balaban J connectivity index is 4.18. The molecule has 9 nitrogen and oxygen atoms in total. The Hall–Kier alpha value is -1.25. The molecule has 0 aliphatic carbocycles. The Morgan fingerprint density at radius 3 is 1.35 bits per heavy atom. The van der Waals surface area contributed by atoms with Crippen molar-refractivity contribution in [3.63, 3.8) is 0 Å². The molecule has 0 aromatic carbocycles. The third kappa shape index (κ3) is 44.1. The molecule has 2 atom stereocenters. The fourth-order valence-corrected chi connectivity index (χ4v) is 7.50. The summed E-state index contributed by atoms with van der Waals surface area (Å²) in [6.45, 7) is 4.41. The number of rotatable bonds is 44. The molecule has 0 heterocycles. The van der Waals surface area contributed by atoms with Crippen molar-refractivity contribution in [3.05, 3.63) is 12.2 Å². The van der Waals surface area contributed by atoms with Gasteiger partial charge in [0.2, 0.25) is 0 Å². The molecule has 338 valence electrons. The molecule has 0 fully saturated rings. The van der Waals surface area contributed by atoms with Crippen LogP contribution in [0.1, 0.15) is 226 Å². The predicted molar refractivity (Wildman–Crippen MR) is 238 cm³/mol. The van der Waals surface area contributed by atoms with E-state index in [4.69, 9.17) is 18.5 Å². The fourth-order valence-electron chi connectivity index (χ4n) is 6.76. The number of phosphoric acid groups is 1. The van der Waals surface area contributed by atoms with E-state index in [0.717, 1.165) is 57.8 Å². The number of quaternary nitrogens is 1. The number of carbonyl (C=O) groups is 2. The van der Waals surface area contributed by atoms with Crippen LogP contribution in [0.5, 0.6) is 0 Å². The van der Waals surface area contributed by atoms with Crippen LogP contribution in [0.15, 0.2) is 12.2 Å². The van der Waals surface area contributed by atoms with E-state index in [2.05, 4.69) is 26.0 Å². The van der Waals surface area contributed by atoms with Crippen LogP contribution in [-0.4, -0.2) is 74.9 Å². The topological polar surface area (TPSA) is 108 Å². The van der Waals surface area contributed by atoms with Crippen molar-refractivity contribution < 1.29 is 42.1 Å². The van der Waals surface area contributed by atoms with Crippen LogP contribution in [0.3, 0.4) is 0 Å². The number of esters is 2. The van der Waals surface area contributed by atoms with Gasteiger partial charge in [0.05, 0.1) is 27.7 Å². The lowest BCUT2D eigenvalue weighted by Crippen LogP contribution is -2.37. The normalized spacial score (nSPS) is 13.6. The van der Waals surface area contributed by atoms with Gasteiger partial charge in [0, 0.05) is 12.8 Å². The first kappa shape index (κ1) is 55.8. The summed E-state index contributed by atoms with van der Waals surface area (Å²) in [6, 6.07) is 0. The van der Waals surface area contributed by atoms with Gasteiger partial charge in [-0.3, -0.25) is 18.6 Å². The van der Waals surface area contributed by atoms with Crippen molar-refractivity contribution in [3.8, 4) is 0 Å². The van der Waals surface area contributed by atoms with Crippen LogP contribution in [0.25, 0.3) is 0 Å². The molecule has 0 aromatic heterocycles. The number of hydrogen-bond donors (Lipinski definition) is 1. The fraction of sp³-hybridized carbons (Fsp3) is 0.915. The van der Waals surface area contributed by atoms with E-state index in [0.29, 0.717) is 17.4 Å². The molecule has 0 saturated carbocycles. The molecule has 0 bridgehead atoms. The van der Waals surface area contributed by atoms with Crippen LogP contribution >= 0.6 is 7.82 Å². The number of likely N-dealkylation sites (N-methyl/N-ethyl adjacent to an activating group) is 1. The zero-order valence-corrected chi connectivity index (χ0v) is 39.0. The highest BCUT2D eigenvalue weighted by Crippen LogP contribution is 2.43. The SMILES string of the molecule is CCCC/C=C/CCCCCCCC(=O)OC[C@H](COP(=O)(O)OCC[N+](C)(C)C)OC(=O)CCCCCCCCCCCCCCCCCCCCCCCC. The molecule has 0 aromatic rings. The van der Waals surface area contributed by atoms with Gasteiger partial charge in [0.1, 0.15) is 19.8 Å². The Kier molecular flexibility index (Phi) is 39.3. The molecule has 0 aliphatic rings. The first-order chi connectivity index (χ1) is 27.5. The summed E-state index contributed by atoms with van der Waals surface area (Å²) >= 11 is 0. The molecule has 57 heavy (non-hydrogen) atoms. The molecule has 10 heteroatoms. The lowest BCUT2D eigenvalue weighted by molar-refractivity contribution is -0.870. The second-order valence-corrected chi connectivity index (χ2v) is 19.0. The summed E-state index contributed by atoms with van der Waals surface area (Å²) in [5, 5.41) is 0. The van der Waals surface area contributed by atoms with E-state index < -0.39 is 26.5 Å². The number of phosphoric ester groups is 1. The molecule has 0 amide bonds. The van der Waals surface area contributed by atoms with E-state index >= 15 is 0 Å². The van der Waals surface area contributed by atoms with E-state index in [1.165, 1.54) is 135 Å². The molecule has 0 saturated heterocycles. The van der Waals surface area contributed by atoms with Crippen LogP contribution < -0.4 is 0 Å². The average molecular weight is 831 g/mol. The smallest absolute Gasteiger partial charge is 0.462 e. The molecule has 0 rings (SSSR count). The first-order valence-electron chi connectivity index (χ1n) is 23.9. The molecule has 0 radical (unpaired) electrons. The van der Waals surface area contributed by atoms with E-state index in [-0.39, 0.29) is 32.0 Å². The number of allylic oxidation sites excluding steroid dienone is 2. The van der Waals surface area contributed by atoms with Gasteiger partial charge < -0.3 is 18.9 Å². The van der Waals surface area contributed by atoms with Crippen molar-refractivity contribution in [1.82, 2.24) is 0 Å². The maximum absolute atomic E-state index is 12.7. The number of ether oxygens (including phenoxy) is 2. The van der Waals surface area contributed by atoms with Gasteiger partial charge in [-0.05, 0) is 32.1 Å². The Labute approximate surface area is 352 Å². The molecule has 1 N–H and O–H groups in total. The molecular formula is C47H93NO8P+. The lowest BCUT2D eigenvalue weighted by Gasteiger charge is -2.24. The van der Waals surface area contributed by atoms with Gasteiger partial charge >= 0.3 is 19.8 Å². The quantitative estimate of drug-likeness (QED) is 0.0213. The van der Waals surface area contributed by atoms with Crippen molar-refractivity contribution in [2.75, 3.05) is 47.5 Å². The van der Waals surface area contributed by atoms with Crippen LogP contribution in [-0.2, 0) is 32.7 Å². The number of nitrogens with zero attached hydrogens (tertiary/aromatic N) is 1. The minimum atomic E-state index is -4.37. The van der Waals surface area contributed by atoms with Crippen LogP contribution in [0.4, 0.5) is 0 Å². The van der Waals surface area contributed by atoms with E-state index in [9.17, 15) is 19.0 Å². The maximum Gasteiger partial charge on any atom is 0.472 e. The second kappa shape index (κ2) is 40.2. The minimum Gasteiger partial charge on any atom is -0.462 e. The Morgan fingerprint density at radius 2 is 0.912 bits per heavy atom. The van der Waals surface area contributed by atoms with E-state index in [1.807, 2.05) is 21.1 Å². The van der Waals surface area contributed by atoms with Crippen LogP contribution in [0.2, 0.25) is 0 Å². The third-order valence-electron chi connectivity index (χ3n) is 10.5. The second-order valence-electron chi connectivity index (χ2n) is 17.5. The zero-order chi connectivity index (χ0) is 42.1. The summed E-state index contributed by atoms with van der Waals surface area (Å²) in [5.74, 6) is -0.799. The highest BCUT2D eigenvalue weighted by molar-refractivity contribution is 7.47. The van der Waals surface area contributed by atoms with E-state index in [1.54, 1.807) is 0 Å². The number of unbranched alkanes of at least 4 members (excludes halogenated alkanes) is 28. The monoisotopic (exact) mass is 831 g/mol. The van der Waals surface area contributed by atoms with Crippen molar-refractivity contribution in [2.45, 2.75) is 232 Å². The van der Waals surface area contributed by atoms with Gasteiger partial charge in [0.25, 0.3) is 0 Å². The molecule has 0 aliphatic heterocycles. The van der Waals surface area contributed by atoms with Crippen molar-refractivity contribution in [1.29, 1.82) is 0 Å². The average Bonchev–Trinajstić information content (AvgIpc) is 3.16. The summed E-state index contributed by atoms with van der Waals surface area (Å²) in [4.78, 5) is 35.4. The highest BCUT2D eigenvalue weighted by atomic mass is 31.2. The standard InChI is InChI=1S/C47H92NO8P/c1-6-8-10-12-14-16-18-19-20-21-22-23-24-25-26-27-28-30-32-34-36-38-40-47(50)56-45(44-55-57(51,52)54-42-41-48(3,4)5)43-53-46(49)39-37-35-33-31-29-17-15-13-11-9-7-2/h13,15,45H,6-12,14,16-44H2,1-5H3/p+1/b15-13+/t45-/m1/s1. The minimum absolute atomic E-state index is 0.0336. The lowest BCUT2D eigenvalue weighted by atomic mass is 10.0. The summed E-state index contributed by atoms with van der Waals surface area (Å²) in [6.07, 6.45) is 42.7. The Morgan fingerprint density at radius 1 is 0.526 bits per heavy atom. The Bertz CT molecular complexity index is 985. The number of carbonyl (C=O) groups excluding carboxylic acids is 2. The first-order valence-corrected chi connectivity index (χ1v) is 25.4. The van der Waals surface area contributed by atoms with Crippen molar-refractivity contribution in [2.24, 2.45) is 0 Å². The van der Waals surface area contributed by atoms with Crippen molar-refractivity contribution >= 4 is 19.8 Å². The van der Waals surface area contributed by atoms with Gasteiger partial charge in [0.15, 0.2) is 6.10 Å². The van der Waals surface area contributed by atoms with Gasteiger partial charge in [-0.15, -0.1) is 0 Å². The van der Waals surface area contributed by atoms with Gasteiger partial charge in [-0.1, -0.05) is 193 Å².